The first-order valence-corrected chi connectivity index (χ1v) is 5.32. The van der Waals surface area contributed by atoms with Crippen LogP contribution in [0.2, 0.25) is 0 Å². The first-order chi connectivity index (χ1) is 8.54. The standard InChI is InChI=1S/C9H14N6O3/c1-2-11-7(16)3-4-12-8-6(15(17)18)5-13-9(10)14-8/h5H,2-4H2,1H3,(H,11,16)(H3,10,12,13,14). The number of nitrogens with zero attached hydrogens (tertiary/aromatic N) is 3. The topological polar surface area (TPSA) is 136 Å². The number of amides is 1. The summed E-state index contributed by atoms with van der Waals surface area (Å²) in [4.78, 5) is 28.5. The average molecular weight is 254 g/mol. The third-order valence-corrected chi connectivity index (χ3v) is 2.00. The third kappa shape index (κ3) is 3.85. The molecule has 0 unspecified atom stereocenters. The highest BCUT2D eigenvalue weighted by Gasteiger charge is 2.16. The maximum Gasteiger partial charge on any atom is 0.329 e. The quantitative estimate of drug-likeness (QED) is 0.476. The van der Waals surface area contributed by atoms with Crippen LogP contribution in [0, 0.1) is 10.1 Å². The molecule has 0 bridgehead atoms. The van der Waals surface area contributed by atoms with Gasteiger partial charge in [-0.1, -0.05) is 0 Å². The molecule has 98 valence electrons. The summed E-state index contributed by atoms with van der Waals surface area (Å²) in [6.07, 6.45) is 1.21. The lowest BCUT2D eigenvalue weighted by Gasteiger charge is -2.06. The lowest BCUT2D eigenvalue weighted by molar-refractivity contribution is -0.384. The first-order valence-electron chi connectivity index (χ1n) is 5.32. The Bertz CT molecular complexity index is 450. The number of rotatable bonds is 6. The van der Waals surface area contributed by atoms with E-state index in [9.17, 15) is 14.9 Å². The highest BCUT2D eigenvalue weighted by Crippen LogP contribution is 2.20. The van der Waals surface area contributed by atoms with Gasteiger partial charge in [0.15, 0.2) is 0 Å². The Morgan fingerprint density at radius 1 is 1.61 bits per heavy atom. The van der Waals surface area contributed by atoms with Gasteiger partial charge >= 0.3 is 5.69 Å². The Balaban J connectivity index is 2.63. The van der Waals surface area contributed by atoms with Gasteiger partial charge in [-0.25, -0.2) is 4.98 Å². The van der Waals surface area contributed by atoms with Crippen LogP contribution in [0.1, 0.15) is 13.3 Å². The predicted octanol–water partition coefficient (Wildman–Crippen LogP) is -0.0949. The maximum atomic E-state index is 11.2. The van der Waals surface area contributed by atoms with E-state index >= 15 is 0 Å². The van der Waals surface area contributed by atoms with Crippen molar-refractivity contribution >= 4 is 23.4 Å². The van der Waals surface area contributed by atoms with Crippen molar-refractivity contribution in [3.63, 3.8) is 0 Å². The zero-order chi connectivity index (χ0) is 13.5. The van der Waals surface area contributed by atoms with E-state index < -0.39 is 4.92 Å². The van der Waals surface area contributed by atoms with Crippen LogP contribution in [-0.4, -0.2) is 33.9 Å². The molecular formula is C9H14N6O3. The van der Waals surface area contributed by atoms with Crippen LogP contribution in [0.5, 0.6) is 0 Å². The fourth-order valence-corrected chi connectivity index (χ4v) is 1.23. The Labute approximate surface area is 103 Å². The van der Waals surface area contributed by atoms with E-state index in [0.717, 1.165) is 6.20 Å². The zero-order valence-electron chi connectivity index (χ0n) is 9.84. The molecular weight excluding hydrogens is 240 g/mol. The van der Waals surface area contributed by atoms with Gasteiger partial charge in [-0.15, -0.1) is 0 Å². The van der Waals surface area contributed by atoms with Gasteiger partial charge in [-0.05, 0) is 6.92 Å². The van der Waals surface area contributed by atoms with E-state index in [0.29, 0.717) is 6.54 Å². The molecule has 4 N–H and O–H groups in total. The molecule has 18 heavy (non-hydrogen) atoms. The zero-order valence-corrected chi connectivity index (χ0v) is 9.84. The van der Waals surface area contributed by atoms with E-state index in [1.807, 2.05) is 0 Å². The van der Waals surface area contributed by atoms with Crippen molar-refractivity contribution in [2.24, 2.45) is 0 Å². The summed E-state index contributed by atoms with van der Waals surface area (Å²) < 4.78 is 0. The van der Waals surface area contributed by atoms with E-state index in [2.05, 4.69) is 20.6 Å². The van der Waals surface area contributed by atoms with E-state index in [-0.39, 0.29) is 36.3 Å². The van der Waals surface area contributed by atoms with Crippen molar-refractivity contribution in [2.45, 2.75) is 13.3 Å². The van der Waals surface area contributed by atoms with Gasteiger partial charge in [-0.2, -0.15) is 4.98 Å². The molecule has 9 heteroatoms. The number of carbonyl (C=O) groups is 1. The van der Waals surface area contributed by atoms with Gasteiger partial charge in [0.05, 0.1) is 4.92 Å². The Hall–Kier alpha value is -2.45. The highest BCUT2D eigenvalue weighted by atomic mass is 16.6. The number of nitrogens with two attached hydrogens (primary N) is 1. The molecule has 0 atom stereocenters. The number of anilines is 2. The minimum atomic E-state index is -0.617. The first kappa shape index (κ1) is 13.6. The molecule has 0 saturated heterocycles. The monoisotopic (exact) mass is 254 g/mol. The lowest BCUT2D eigenvalue weighted by atomic mass is 10.4. The minimum Gasteiger partial charge on any atom is -0.368 e. The van der Waals surface area contributed by atoms with Crippen molar-refractivity contribution in [3.8, 4) is 0 Å². The van der Waals surface area contributed by atoms with Crippen LogP contribution in [0.4, 0.5) is 17.5 Å². The number of nitrogen functional groups attached to an aromatic ring is 1. The van der Waals surface area contributed by atoms with Crippen LogP contribution in [-0.2, 0) is 4.79 Å². The molecule has 1 rings (SSSR count). The highest BCUT2D eigenvalue weighted by molar-refractivity contribution is 5.76. The average Bonchev–Trinajstić information content (AvgIpc) is 2.29. The lowest BCUT2D eigenvalue weighted by Crippen LogP contribution is -2.25. The summed E-state index contributed by atoms with van der Waals surface area (Å²) in [7, 11) is 0. The summed E-state index contributed by atoms with van der Waals surface area (Å²) in [5.74, 6) is -0.201. The summed E-state index contributed by atoms with van der Waals surface area (Å²) in [5.41, 5.74) is 5.07. The fraction of sp³-hybridized carbons (Fsp3) is 0.444. The number of nitrogens with one attached hydrogen (secondary N) is 2. The summed E-state index contributed by atoms with van der Waals surface area (Å²) in [6, 6.07) is 0. The van der Waals surface area contributed by atoms with Crippen LogP contribution in [0.25, 0.3) is 0 Å². The molecule has 1 aromatic rings. The van der Waals surface area contributed by atoms with E-state index in [4.69, 9.17) is 5.73 Å². The Kier molecular flexibility index (Phi) is 4.78. The van der Waals surface area contributed by atoms with Crippen LogP contribution in [0.3, 0.4) is 0 Å². The number of hydrogen-bond donors (Lipinski definition) is 3. The Morgan fingerprint density at radius 3 is 2.94 bits per heavy atom. The molecule has 0 radical (unpaired) electrons. The molecule has 1 amide bonds. The van der Waals surface area contributed by atoms with Crippen molar-refractivity contribution in [1.29, 1.82) is 0 Å². The maximum absolute atomic E-state index is 11.2. The Morgan fingerprint density at radius 2 is 2.33 bits per heavy atom. The van der Waals surface area contributed by atoms with Crippen molar-refractivity contribution in [2.75, 3.05) is 24.1 Å². The molecule has 0 aliphatic heterocycles. The van der Waals surface area contributed by atoms with Crippen LogP contribution in [0.15, 0.2) is 6.20 Å². The van der Waals surface area contributed by atoms with Gasteiger partial charge < -0.3 is 16.4 Å². The van der Waals surface area contributed by atoms with Crippen molar-refractivity contribution in [1.82, 2.24) is 15.3 Å². The van der Waals surface area contributed by atoms with Crippen LogP contribution >= 0.6 is 0 Å². The SMILES string of the molecule is CCNC(=O)CCNc1nc(N)ncc1[N+](=O)[O-]. The van der Waals surface area contributed by atoms with E-state index in [1.54, 1.807) is 6.92 Å². The van der Waals surface area contributed by atoms with Gasteiger partial charge in [0, 0.05) is 19.5 Å². The minimum absolute atomic E-state index is 0.0109. The molecule has 0 aliphatic rings. The number of aromatic nitrogens is 2. The smallest absolute Gasteiger partial charge is 0.329 e. The third-order valence-electron chi connectivity index (χ3n) is 2.00. The largest absolute Gasteiger partial charge is 0.368 e. The van der Waals surface area contributed by atoms with Crippen molar-refractivity contribution in [3.05, 3.63) is 16.3 Å². The molecule has 1 aromatic heterocycles. The molecule has 0 saturated carbocycles. The van der Waals surface area contributed by atoms with Crippen LogP contribution < -0.4 is 16.4 Å². The second kappa shape index (κ2) is 6.33. The van der Waals surface area contributed by atoms with E-state index in [1.165, 1.54) is 0 Å². The number of nitro groups is 1. The van der Waals surface area contributed by atoms with Gasteiger partial charge in [-0.3, -0.25) is 14.9 Å². The van der Waals surface area contributed by atoms with Gasteiger partial charge in [0.2, 0.25) is 17.7 Å². The molecule has 0 fully saturated rings. The summed E-state index contributed by atoms with van der Waals surface area (Å²) in [5, 5.41) is 16.0. The number of hydrogen-bond acceptors (Lipinski definition) is 7. The molecule has 1 heterocycles. The van der Waals surface area contributed by atoms with Gasteiger partial charge in [0.25, 0.3) is 0 Å². The molecule has 9 nitrogen and oxygen atoms in total. The van der Waals surface area contributed by atoms with Gasteiger partial charge in [0.1, 0.15) is 6.20 Å². The fourth-order valence-electron chi connectivity index (χ4n) is 1.23. The predicted molar refractivity (Wildman–Crippen MR) is 64.9 cm³/mol. The molecule has 0 spiro atoms. The normalized spacial score (nSPS) is 9.83. The second-order valence-electron chi connectivity index (χ2n) is 3.35. The summed E-state index contributed by atoms with van der Waals surface area (Å²) in [6.45, 7) is 2.57. The number of carbonyl (C=O) groups excluding carboxylic acids is 1. The molecule has 0 aromatic carbocycles. The molecule has 0 aliphatic carbocycles. The van der Waals surface area contributed by atoms with Crippen molar-refractivity contribution < 1.29 is 9.72 Å². The second-order valence-corrected chi connectivity index (χ2v) is 3.35. The summed E-state index contributed by atoms with van der Waals surface area (Å²) >= 11 is 0.